The van der Waals surface area contributed by atoms with Gasteiger partial charge in [0.2, 0.25) is 5.91 Å². The molecule has 1 atom stereocenters. The topological polar surface area (TPSA) is 72.9 Å². The quantitative estimate of drug-likeness (QED) is 0.859. The van der Waals surface area contributed by atoms with Gasteiger partial charge < -0.3 is 20.2 Å². The van der Waals surface area contributed by atoms with Crippen molar-refractivity contribution in [1.82, 2.24) is 10.2 Å². The first kappa shape index (κ1) is 17.3. The van der Waals surface area contributed by atoms with Crippen molar-refractivity contribution in [2.24, 2.45) is 11.8 Å². The lowest BCUT2D eigenvalue weighted by Gasteiger charge is -2.34. The van der Waals surface area contributed by atoms with Gasteiger partial charge in [-0.05, 0) is 18.1 Å². The van der Waals surface area contributed by atoms with E-state index in [9.17, 15) is 14.7 Å². The molecule has 6 nitrogen and oxygen atoms in total. The highest BCUT2D eigenvalue weighted by Crippen LogP contribution is 2.16. The first-order valence-corrected chi connectivity index (χ1v) is 8.02. The molecule has 0 saturated carbocycles. The van der Waals surface area contributed by atoms with Gasteiger partial charge in [0.05, 0.1) is 0 Å². The van der Waals surface area contributed by atoms with Gasteiger partial charge in [-0.2, -0.15) is 0 Å². The fraction of sp³-hybridized carbons (Fsp3) is 0.529. The fourth-order valence-corrected chi connectivity index (χ4v) is 2.57. The molecule has 0 aliphatic carbocycles. The zero-order valence-corrected chi connectivity index (χ0v) is 13.7. The summed E-state index contributed by atoms with van der Waals surface area (Å²) in [7, 11) is 0. The van der Waals surface area contributed by atoms with Crippen molar-refractivity contribution in [2.45, 2.75) is 13.8 Å². The zero-order valence-electron chi connectivity index (χ0n) is 13.7. The Hall–Kier alpha value is -2.08. The Kier molecular flexibility index (Phi) is 5.98. The molecule has 6 heteroatoms. The highest BCUT2D eigenvalue weighted by atomic mass is 16.3. The molecule has 0 radical (unpaired) electrons. The minimum absolute atomic E-state index is 0.0280. The highest BCUT2D eigenvalue weighted by molar-refractivity contribution is 5.97. The van der Waals surface area contributed by atoms with Crippen LogP contribution in [-0.4, -0.2) is 54.7 Å². The van der Waals surface area contributed by atoms with Gasteiger partial charge in [0.15, 0.2) is 0 Å². The Balaban J connectivity index is 1.87. The number of amides is 3. The van der Waals surface area contributed by atoms with E-state index < -0.39 is 0 Å². The summed E-state index contributed by atoms with van der Waals surface area (Å²) < 4.78 is 0. The smallest absolute Gasteiger partial charge is 0.317 e. The molecule has 126 valence electrons. The summed E-state index contributed by atoms with van der Waals surface area (Å²) in [6, 6.07) is 9.23. The molecular weight excluding hydrogens is 294 g/mol. The predicted molar refractivity (Wildman–Crippen MR) is 89.2 cm³/mol. The van der Waals surface area contributed by atoms with Gasteiger partial charge in [-0.3, -0.25) is 4.79 Å². The number of benzene rings is 1. The molecule has 23 heavy (non-hydrogen) atoms. The number of anilines is 1. The van der Waals surface area contributed by atoms with Crippen molar-refractivity contribution in [3.63, 3.8) is 0 Å². The summed E-state index contributed by atoms with van der Waals surface area (Å²) >= 11 is 0. The molecule has 2 rings (SSSR count). The maximum absolute atomic E-state index is 12.3. The number of para-hydroxylation sites is 1. The molecule has 2 N–H and O–H groups in total. The fourth-order valence-electron chi connectivity index (χ4n) is 2.57. The van der Waals surface area contributed by atoms with Gasteiger partial charge in [0, 0.05) is 37.8 Å². The molecule has 1 heterocycles. The number of urea groups is 1. The number of hydrogen-bond donors (Lipinski definition) is 2. The molecule has 0 spiro atoms. The second-order valence-electron chi connectivity index (χ2n) is 6.18. The molecule has 1 aromatic rings. The number of rotatable bonds is 5. The number of carbonyl (C=O) groups is 2. The van der Waals surface area contributed by atoms with Crippen molar-refractivity contribution in [2.75, 3.05) is 37.7 Å². The molecule has 1 aromatic carbocycles. The van der Waals surface area contributed by atoms with Gasteiger partial charge in [0.1, 0.15) is 6.54 Å². The van der Waals surface area contributed by atoms with E-state index in [1.54, 1.807) is 4.90 Å². The van der Waals surface area contributed by atoms with Gasteiger partial charge in [-0.1, -0.05) is 32.0 Å². The number of carbonyl (C=O) groups excluding carboxylic acids is 2. The molecule has 1 saturated heterocycles. The van der Waals surface area contributed by atoms with Crippen LogP contribution in [0.5, 0.6) is 0 Å². The molecule has 0 bridgehead atoms. The summed E-state index contributed by atoms with van der Waals surface area (Å²) in [6.45, 7) is 5.54. The largest absolute Gasteiger partial charge is 0.396 e. The second-order valence-corrected chi connectivity index (χ2v) is 6.18. The number of nitrogens with one attached hydrogen (secondary N) is 1. The predicted octanol–water partition coefficient (Wildman–Crippen LogP) is 1.31. The molecular formula is C17H25N3O3. The first-order chi connectivity index (χ1) is 11.0. The van der Waals surface area contributed by atoms with E-state index in [1.165, 1.54) is 4.90 Å². The Bertz CT molecular complexity index is 533. The first-order valence-electron chi connectivity index (χ1n) is 8.02. The maximum atomic E-state index is 12.3. The van der Waals surface area contributed by atoms with Crippen LogP contribution >= 0.6 is 0 Å². The van der Waals surface area contributed by atoms with Crippen LogP contribution in [0.4, 0.5) is 10.5 Å². The summed E-state index contributed by atoms with van der Waals surface area (Å²) in [5.74, 6) is 0.234. The van der Waals surface area contributed by atoms with Gasteiger partial charge in [-0.25, -0.2) is 4.79 Å². The highest BCUT2D eigenvalue weighted by Gasteiger charge is 2.28. The number of nitrogens with zero attached hydrogens (tertiary/aromatic N) is 2. The van der Waals surface area contributed by atoms with Crippen LogP contribution in [0.15, 0.2) is 30.3 Å². The SMILES string of the molecule is CC(C)[C@@H](CO)CNC(=O)N1CCN(c2ccccc2)C(=O)C1. The maximum Gasteiger partial charge on any atom is 0.317 e. The number of aliphatic hydroxyl groups is 1. The Morgan fingerprint density at radius 3 is 2.52 bits per heavy atom. The standard InChI is InChI=1S/C17H25N3O3/c1-13(2)14(12-21)10-18-17(23)19-8-9-20(16(22)11-19)15-6-4-3-5-7-15/h3-7,13-14,21H,8-12H2,1-2H3,(H,18,23)/t14-/m1/s1. The molecule has 3 amide bonds. The van der Waals surface area contributed by atoms with Crippen molar-refractivity contribution in [3.05, 3.63) is 30.3 Å². The average Bonchev–Trinajstić information content (AvgIpc) is 2.55. The summed E-state index contributed by atoms with van der Waals surface area (Å²) in [4.78, 5) is 27.7. The Morgan fingerprint density at radius 1 is 1.26 bits per heavy atom. The van der Waals surface area contributed by atoms with Crippen molar-refractivity contribution in [1.29, 1.82) is 0 Å². The van der Waals surface area contributed by atoms with E-state index in [-0.39, 0.29) is 36.9 Å². The average molecular weight is 319 g/mol. The normalized spacial score (nSPS) is 16.6. The van der Waals surface area contributed by atoms with Crippen LogP contribution in [0.25, 0.3) is 0 Å². The molecule has 1 aliphatic rings. The van der Waals surface area contributed by atoms with Crippen LogP contribution in [0, 0.1) is 11.8 Å². The summed E-state index contributed by atoms with van der Waals surface area (Å²) in [5, 5.41) is 12.1. The van der Waals surface area contributed by atoms with Crippen LogP contribution < -0.4 is 10.2 Å². The molecule has 1 fully saturated rings. The summed E-state index contributed by atoms with van der Waals surface area (Å²) in [5.41, 5.74) is 0.859. The Morgan fingerprint density at radius 2 is 1.96 bits per heavy atom. The minimum Gasteiger partial charge on any atom is -0.396 e. The van der Waals surface area contributed by atoms with Crippen molar-refractivity contribution < 1.29 is 14.7 Å². The van der Waals surface area contributed by atoms with E-state index in [2.05, 4.69) is 5.32 Å². The lowest BCUT2D eigenvalue weighted by atomic mass is 9.97. The second kappa shape index (κ2) is 7.97. The van der Waals surface area contributed by atoms with Gasteiger partial charge >= 0.3 is 6.03 Å². The molecule has 1 aliphatic heterocycles. The Labute approximate surface area is 137 Å². The number of aliphatic hydroxyl groups excluding tert-OH is 1. The van der Waals surface area contributed by atoms with Crippen LogP contribution in [0.2, 0.25) is 0 Å². The van der Waals surface area contributed by atoms with Crippen LogP contribution in [-0.2, 0) is 4.79 Å². The third-order valence-corrected chi connectivity index (χ3v) is 4.27. The van der Waals surface area contributed by atoms with E-state index in [0.29, 0.717) is 19.6 Å². The van der Waals surface area contributed by atoms with E-state index in [1.807, 2.05) is 44.2 Å². The minimum atomic E-state index is -0.245. The monoisotopic (exact) mass is 319 g/mol. The van der Waals surface area contributed by atoms with Crippen LogP contribution in [0.1, 0.15) is 13.8 Å². The number of piperazine rings is 1. The van der Waals surface area contributed by atoms with Crippen LogP contribution in [0.3, 0.4) is 0 Å². The van der Waals surface area contributed by atoms with E-state index >= 15 is 0 Å². The summed E-state index contributed by atoms with van der Waals surface area (Å²) in [6.07, 6.45) is 0. The van der Waals surface area contributed by atoms with Gasteiger partial charge in [-0.15, -0.1) is 0 Å². The zero-order chi connectivity index (χ0) is 16.8. The van der Waals surface area contributed by atoms with Gasteiger partial charge in [0.25, 0.3) is 0 Å². The lowest BCUT2D eigenvalue weighted by molar-refractivity contribution is -0.120. The van der Waals surface area contributed by atoms with Crippen molar-refractivity contribution in [3.8, 4) is 0 Å². The van der Waals surface area contributed by atoms with E-state index in [4.69, 9.17) is 0 Å². The third kappa shape index (κ3) is 4.45. The van der Waals surface area contributed by atoms with E-state index in [0.717, 1.165) is 5.69 Å². The third-order valence-electron chi connectivity index (χ3n) is 4.27. The molecule has 0 unspecified atom stereocenters. The van der Waals surface area contributed by atoms with Crippen molar-refractivity contribution >= 4 is 17.6 Å². The number of hydrogen-bond acceptors (Lipinski definition) is 3. The molecule has 0 aromatic heterocycles. The lowest BCUT2D eigenvalue weighted by Crippen LogP contribution is -2.55.